The number of hydrogen-bond acceptors (Lipinski definition) is 4. The van der Waals surface area contributed by atoms with Gasteiger partial charge in [0.05, 0.1) is 19.8 Å². The van der Waals surface area contributed by atoms with E-state index in [0.29, 0.717) is 32.9 Å². The summed E-state index contributed by atoms with van der Waals surface area (Å²) in [6.07, 6.45) is 1.60. The molecule has 1 heterocycles. The molecular formula is C16H18N2O3. The second kappa shape index (κ2) is 7.46. The molecule has 0 bridgehead atoms. The Balaban J connectivity index is 2.12. The van der Waals surface area contributed by atoms with Crippen molar-refractivity contribution in [3.63, 3.8) is 0 Å². The second-order valence-corrected chi connectivity index (χ2v) is 4.58. The van der Waals surface area contributed by atoms with E-state index in [1.54, 1.807) is 11.0 Å². The quantitative estimate of drug-likeness (QED) is 0.626. The van der Waals surface area contributed by atoms with Crippen LogP contribution >= 0.6 is 0 Å². The molecular weight excluding hydrogens is 268 g/mol. The Morgan fingerprint density at radius 1 is 1.38 bits per heavy atom. The topological polar surface area (TPSA) is 62.6 Å². The minimum Gasteiger partial charge on any atom is -0.494 e. The molecule has 1 aliphatic rings. The number of benzene rings is 1. The molecule has 0 radical (unpaired) electrons. The molecule has 21 heavy (non-hydrogen) atoms. The molecule has 0 atom stereocenters. The standard InChI is InChI=1S/C16H18N2O3/c1-2-21-15-5-3-13(4-6-15)11-14(12-17)16(19)18-7-9-20-10-8-18/h3-6,11H,2,7-10H2,1H3/b14-11+. The highest BCUT2D eigenvalue weighted by Gasteiger charge is 2.20. The van der Waals surface area contributed by atoms with Gasteiger partial charge < -0.3 is 14.4 Å². The third-order valence-electron chi connectivity index (χ3n) is 3.15. The Morgan fingerprint density at radius 2 is 2.05 bits per heavy atom. The Morgan fingerprint density at radius 3 is 2.62 bits per heavy atom. The third kappa shape index (κ3) is 4.07. The maximum atomic E-state index is 12.3. The monoisotopic (exact) mass is 286 g/mol. The summed E-state index contributed by atoms with van der Waals surface area (Å²) in [4.78, 5) is 13.9. The van der Waals surface area contributed by atoms with Gasteiger partial charge in [-0.1, -0.05) is 12.1 Å². The number of rotatable bonds is 4. The molecule has 0 aliphatic carbocycles. The zero-order chi connectivity index (χ0) is 15.1. The van der Waals surface area contributed by atoms with Crippen LogP contribution in [0.15, 0.2) is 29.8 Å². The van der Waals surface area contributed by atoms with Crippen molar-refractivity contribution in [1.82, 2.24) is 4.90 Å². The van der Waals surface area contributed by atoms with Crippen LogP contribution in [0.4, 0.5) is 0 Å². The Hall–Kier alpha value is -2.32. The summed E-state index contributed by atoms with van der Waals surface area (Å²) in [5, 5.41) is 9.21. The van der Waals surface area contributed by atoms with Crippen LogP contribution < -0.4 is 4.74 Å². The van der Waals surface area contributed by atoms with E-state index in [2.05, 4.69) is 0 Å². The maximum Gasteiger partial charge on any atom is 0.264 e. The predicted molar refractivity (Wildman–Crippen MR) is 78.6 cm³/mol. The largest absolute Gasteiger partial charge is 0.494 e. The highest BCUT2D eigenvalue weighted by atomic mass is 16.5. The molecule has 1 amide bonds. The van der Waals surface area contributed by atoms with Gasteiger partial charge in [0, 0.05) is 13.1 Å². The van der Waals surface area contributed by atoms with Crippen molar-refractivity contribution in [2.45, 2.75) is 6.92 Å². The summed E-state index contributed by atoms with van der Waals surface area (Å²) < 4.78 is 10.6. The van der Waals surface area contributed by atoms with Gasteiger partial charge in [0.15, 0.2) is 0 Å². The average molecular weight is 286 g/mol. The lowest BCUT2D eigenvalue weighted by atomic mass is 10.1. The van der Waals surface area contributed by atoms with Crippen LogP contribution in [0, 0.1) is 11.3 Å². The Labute approximate surface area is 124 Å². The Kier molecular flexibility index (Phi) is 5.35. The highest BCUT2D eigenvalue weighted by molar-refractivity contribution is 6.01. The van der Waals surface area contributed by atoms with E-state index in [0.717, 1.165) is 11.3 Å². The predicted octanol–water partition coefficient (Wildman–Crippen LogP) is 1.85. The third-order valence-corrected chi connectivity index (χ3v) is 3.15. The van der Waals surface area contributed by atoms with E-state index in [9.17, 15) is 10.1 Å². The maximum absolute atomic E-state index is 12.3. The first kappa shape index (κ1) is 15.1. The first-order valence-corrected chi connectivity index (χ1v) is 6.96. The fourth-order valence-corrected chi connectivity index (χ4v) is 2.07. The summed E-state index contributed by atoms with van der Waals surface area (Å²) >= 11 is 0. The van der Waals surface area contributed by atoms with E-state index in [1.165, 1.54) is 0 Å². The van der Waals surface area contributed by atoms with E-state index in [4.69, 9.17) is 9.47 Å². The fourth-order valence-electron chi connectivity index (χ4n) is 2.07. The van der Waals surface area contributed by atoms with E-state index in [1.807, 2.05) is 37.3 Å². The van der Waals surface area contributed by atoms with E-state index in [-0.39, 0.29) is 11.5 Å². The molecule has 0 aromatic heterocycles. The molecule has 1 fully saturated rings. The summed E-state index contributed by atoms with van der Waals surface area (Å²) in [5.74, 6) is 0.530. The van der Waals surface area contributed by atoms with Gasteiger partial charge in [0.2, 0.25) is 0 Å². The summed E-state index contributed by atoms with van der Waals surface area (Å²) in [6.45, 7) is 4.63. The zero-order valence-corrected chi connectivity index (χ0v) is 12.0. The fraction of sp³-hybridized carbons (Fsp3) is 0.375. The highest BCUT2D eigenvalue weighted by Crippen LogP contribution is 2.15. The number of ether oxygens (including phenoxy) is 2. The molecule has 5 heteroatoms. The molecule has 0 saturated carbocycles. The van der Waals surface area contributed by atoms with Crippen molar-refractivity contribution in [2.24, 2.45) is 0 Å². The smallest absolute Gasteiger partial charge is 0.264 e. The van der Waals surface area contributed by atoms with Gasteiger partial charge >= 0.3 is 0 Å². The van der Waals surface area contributed by atoms with E-state index < -0.39 is 0 Å². The van der Waals surface area contributed by atoms with Gasteiger partial charge in [0.25, 0.3) is 5.91 Å². The summed E-state index contributed by atoms with van der Waals surface area (Å²) in [5.41, 5.74) is 0.942. The van der Waals surface area contributed by atoms with Gasteiger partial charge in [-0.15, -0.1) is 0 Å². The lowest BCUT2D eigenvalue weighted by Crippen LogP contribution is -2.41. The van der Waals surface area contributed by atoms with Gasteiger partial charge in [-0.25, -0.2) is 0 Å². The summed E-state index contributed by atoms with van der Waals surface area (Å²) in [6, 6.07) is 9.29. The number of carbonyl (C=O) groups is 1. The lowest BCUT2D eigenvalue weighted by molar-refractivity contribution is -0.130. The Bertz CT molecular complexity index is 552. The molecule has 110 valence electrons. The van der Waals surface area contributed by atoms with Crippen LogP contribution in [0.3, 0.4) is 0 Å². The molecule has 1 aromatic carbocycles. The number of nitriles is 1. The van der Waals surface area contributed by atoms with E-state index >= 15 is 0 Å². The lowest BCUT2D eigenvalue weighted by Gasteiger charge is -2.26. The molecule has 0 N–H and O–H groups in total. The molecule has 0 spiro atoms. The molecule has 0 unspecified atom stereocenters. The van der Waals surface area contributed by atoms with Crippen LogP contribution in [-0.4, -0.2) is 43.7 Å². The SMILES string of the molecule is CCOc1ccc(/C=C(\C#N)C(=O)N2CCOCC2)cc1. The van der Waals surface area contributed by atoms with Crippen molar-refractivity contribution in [3.8, 4) is 11.8 Å². The van der Waals surface area contributed by atoms with Crippen LogP contribution in [0.25, 0.3) is 6.08 Å². The number of hydrogen-bond donors (Lipinski definition) is 0. The van der Waals surface area contributed by atoms with Crippen molar-refractivity contribution >= 4 is 12.0 Å². The second-order valence-electron chi connectivity index (χ2n) is 4.58. The first-order chi connectivity index (χ1) is 10.2. The molecule has 1 saturated heterocycles. The first-order valence-electron chi connectivity index (χ1n) is 6.96. The number of amides is 1. The van der Waals surface area contributed by atoms with Crippen molar-refractivity contribution in [2.75, 3.05) is 32.9 Å². The zero-order valence-electron chi connectivity index (χ0n) is 12.0. The van der Waals surface area contributed by atoms with Crippen molar-refractivity contribution < 1.29 is 14.3 Å². The van der Waals surface area contributed by atoms with Crippen molar-refractivity contribution in [3.05, 3.63) is 35.4 Å². The molecule has 2 rings (SSSR count). The van der Waals surface area contributed by atoms with Crippen LogP contribution in [-0.2, 0) is 9.53 Å². The van der Waals surface area contributed by atoms with Gasteiger partial charge in [0.1, 0.15) is 17.4 Å². The average Bonchev–Trinajstić information content (AvgIpc) is 2.54. The van der Waals surface area contributed by atoms with Gasteiger partial charge in [-0.3, -0.25) is 4.79 Å². The molecule has 1 aromatic rings. The molecule has 5 nitrogen and oxygen atoms in total. The van der Waals surface area contributed by atoms with Crippen molar-refractivity contribution in [1.29, 1.82) is 5.26 Å². The minimum absolute atomic E-state index is 0.140. The van der Waals surface area contributed by atoms with Gasteiger partial charge in [-0.05, 0) is 30.7 Å². The van der Waals surface area contributed by atoms with Crippen LogP contribution in [0.5, 0.6) is 5.75 Å². The van der Waals surface area contributed by atoms with Gasteiger partial charge in [-0.2, -0.15) is 5.26 Å². The normalized spacial score (nSPS) is 15.4. The minimum atomic E-state index is -0.241. The number of morpholine rings is 1. The number of carbonyl (C=O) groups excluding carboxylic acids is 1. The van der Waals surface area contributed by atoms with Crippen LogP contribution in [0.2, 0.25) is 0 Å². The summed E-state index contributed by atoms with van der Waals surface area (Å²) in [7, 11) is 0. The number of nitrogens with zero attached hydrogens (tertiary/aromatic N) is 2. The van der Waals surface area contributed by atoms with Crippen LogP contribution in [0.1, 0.15) is 12.5 Å². The molecule has 1 aliphatic heterocycles.